The molecule has 3 aromatic carbocycles. The minimum Gasteiger partial charge on any atom is -0.444 e. The third-order valence-corrected chi connectivity index (χ3v) is 9.82. The zero-order valence-corrected chi connectivity index (χ0v) is 24.4. The number of benzene rings is 3. The van der Waals surface area contributed by atoms with Gasteiger partial charge in [-0.05, 0) is 23.3 Å². The molecule has 8 nitrogen and oxygen atoms in total. The molecule has 3 aromatic heterocycles. The van der Waals surface area contributed by atoms with Gasteiger partial charge in [-0.1, -0.05) is 78.9 Å². The highest BCUT2D eigenvalue weighted by atomic mass is 32.1. The molecule has 0 N–H and O–H groups in total. The van der Waals surface area contributed by atoms with E-state index in [1.54, 1.807) is 30.3 Å². The van der Waals surface area contributed by atoms with E-state index in [4.69, 9.17) is 9.72 Å². The van der Waals surface area contributed by atoms with Gasteiger partial charge in [0.05, 0.1) is 15.0 Å². The highest BCUT2D eigenvalue weighted by Crippen LogP contribution is 2.40. The first-order valence-corrected chi connectivity index (χ1v) is 15.4. The number of carbonyl (C=O) groups is 4. The van der Waals surface area contributed by atoms with Crippen LogP contribution in [0, 0.1) is 0 Å². The van der Waals surface area contributed by atoms with Crippen molar-refractivity contribution in [2.24, 2.45) is 0 Å². The molecule has 2 aliphatic rings. The van der Waals surface area contributed by atoms with Gasteiger partial charge in [0.15, 0.2) is 28.6 Å². The summed E-state index contributed by atoms with van der Waals surface area (Å²) in [7, 11) is 0. The van der Waals surface area contributed by atoms with Crippen molar-refractivity contribution in [3.05, 3.63) is 128 Å². The number of aromatic nitrogens is 3. The van der Waals surface area contributed by atoms with Gasteiger partial charge >= 0.3 is 6.09 Å². The Balaban J connectivity index is 1.22. The Hall–Kier alpha value is -5.32. The highest BCUT2D eigenvalue weighted by molar-refractivity contribution is 7.27. The van der Waals surface area contributed by atoms with Gasteiger partial charge in [0.2, 0.25) is 0 Å². The molecule has 0 fully saturated rings. The summed E-state index contributed by atoms with van der Waals surface area (Å²) in [6, 6.07) is 23.6. The molecule has 0 radical (unpaired) electrons. The SMILES string of the molecule is O=C1/C(=C/c2nc3c(s2)c2sc(C=C4C(=O)c5ccccc5C4=O)nc2n3C(=O)OCc2ccccc2)Cc2ccccc21. The third-order valence-electron chi connectivity index (χ3n) is 7.67. The summed E-state index contributed by atoms with van der Waals surface area (Å²) in [6.45, 7) is 0.0525. The summed E-state index contributed by atoms with van der Waals surface area (Å²) in [4.78, 5) is 62.0. The average Bonchev–Trinajstić information content (AvgIpc) is 3.82. The number of nitrogens with zero attached hydrogens (tertiary/aromatic N) is 3. The predicted molar refractivity (Wildman–Crippen MR) is 168 cm³/mol. The van der Waals surface area contributed by atoms with Gasteiger partial charge < -0.3 is 4.74 Å². The first-order chi connectivity index (χ1) is 21.5. The van der Waals surface area contributed by atoms with Crippen LogP contribution in [-0.4, -0.2) is 38.0 Å². The number of thiazole rings is 2. The number of fused-ring (bicyclic) bond motifs is 5. The molecule has 0 amide bonds. The number of hydrogen-bond donors (Lipinski definition) is 0. The number of hydrogen-bond acceptors (Lipinski definition) is 9. The number of ether oxygens (including phenoxy) is 1. The van der Waals surface area contributed by atoms with Gasteiger partial charge in [-0.2, -0.15) is 0 Å². The normalized spacial score (nSPS) is 15.0. The molecule has 10 heteroatoms. The molecule has 0 aliphatic heterocycles. The fourth-order valence-electron chi connectivity index (χ4n) is 5.58. The molecule has 8 rings (SSSR count). The smallest absolute Gasteiger partial charge is 0.421 e. The van der Waals surface area contributed by atoms with Crippen LogP contribution >= 0.6 is 22.7 Å². The van der Waals surface area contributed by atoms with Crippen LogP contribution in [0.1, 0.15) is 52.2 Å². The zero-order valence-electron chi connectivity index (χ0n) is 22.8. The summed E-state index contributed by atoms with van der Waals surface area (Å²) in [5.74, 6) is -0.737. The van der Waals surface area contributed by atoms with Crippen molar-refractivity contribution < 1.29 is 23.9 Å². The van der Waals surface area contributed by atoms with Crippen molar-refractivity contribution in [2.75, 3.05) is 0 Å². The molecular formula is C34H19N3O5S2. The molecular weight excluding hydrogens is 595 g/mol. The fourth-order valence-corrected chi connectivity index (χ4v) is 7.72. The molecule has 0 unspecified atom stereocenters. The van der Waals surface area contributed by atoms with Crippen LogP contribution in [0.3, 0.4) is 0 Å². The number of ketones is 3. The van der Waals surface area contributed by atoms with Crippen molar-refractivity contribution in [2.45, 2.75) is 13.0 Å². The van der Waals surface area contributed by atoms with Gasteiger partial charge in [0, 0.05) is 28.7 Å². The summed E-state index contributed by atoms with van der Waals surface area (Å²) >= 11 is 2.60. The maximum atomic E-state index is 13.5. The van der Waals surface area contributed by atoms with E-state index >= 15 is 0 Å². The zero-order chi connectivity index (χ0) is 29.9. The van der Waals surface area contributed by atoms with Crippen molar-refractivity contribution in [3.8, 4) is 0 Å². The Morgan fingerprint density at radius 3 is 1.93 bits per heavy atom. The Bertz CT molecular complexity index is 2250. The monoisotopic (exact) mass is 613 g/mol. The molecule has 3 heterocycles. The van der Waals surface area contributed by atoms with Gasteiger partial charge in [0.25, 0.3) is 0 Å². The lowest BCUT2D eigenvalue weighted by molar-refractivity contribution is 0.0988. The highest BCUT2D eigenvalue weighted by Gasteiger charge is 2.33. The summed E-state index contributed by atoms with van der Waals surface area (Å²) in [6.07, 6.45) is 3.11. The minimum atomic E-state index is -0.660. The Morgan fingerprint density at radius 2 is 1.30 bits per heavy atom. The van der Waals surface area contributed by atoms with Crippen molar-refractivity contribution >= 4 is 79.0 Å². The minimum absolute atomic E-state index is 0.0330. The second-order valence-electron chi connectivity index (χ2n) is 10.4. The number of allylic oxidation sites excluding steroid dienone is 2. The molecule has 212 valence electrons. The van der Waals surface area contributed by atoms with E-state index in [1.807, 2.05) is 54.6 Å². The Kier molecular flexibility index (Phi) is 6.07. The summed E-state index contributed by atoms with van der Waals surface area (Å²) in [5.41, 5.74) is 4.58. The van der Waals surface area contributed by atoms with E-state index < -0.39 is 6.09 Å². The fraction of sp³-hybridized carbons (Fsp3) is 0.0588. The molecule has 0 atom stereocenters. The lowest BCUT2D eigenvalue weighted by Crippen LogP contribution is -2.14. The second-order valence-corrected chi connectivity index (χ2v) is 12.4. The van der Waals surface area contributed by atoms with Crippen molar-refractivity contribution in [1.82, 2.24) is 14.5 Å². The van der Waals surface area contributed by atoms with Crippen LogP contribution in [-0.2, 0) is 17.8 Å². The summed E-state index contributed by atoms with van der Waals surface area (Å²) in [5, 5.41) is 0.975. The average molecular weight is 614 g/mol. The molecule has 0 saturated carbocycles. The molecule has 0 spiro atoms. The lowest BCUT2D eigenvalue weighted by Gasteiger charge is -2.06. The number of carbonyl (C=O) groups excluding carboxylic acids is 4. The van der Waals surface area contributed by atoms with Crippen molar-refractivity contribution in [1.29, 1.82) is 0 Å². The van der Waals surface area contributed by atoms with Gasteiger partial charge in [-0.3, -0.25) is 14.4 Å². The molecule has 0 saturated heterocycles. The standard InChI is InChI=1S/C34H19N3O5S2/c38-27-20(14-19-10-4-5-11-21(19)27)15-25-35-32-30(43-25)31-33(37(32)34(41)42-17-18-8-2-1-3-9-18)36-26(44-31)16-24-28(39)22-12-6-7-13-23(22)29(24)40/h1-13,15-16H,14,17H2/b20-15+. The molecule has 44 heavy (non-hydrogen) atoms. The first-order valence-electron chi connectivity index (χ1n) is 13.7. The van der Waals surface area contributed by atoms with Gasteiger partial charge in [-0.15, -0.1) is 22.7 Å². The first kappa shape index (κ1) is 26.3. The number of Topliss-reactive ketones (excluding diaryl/α,β-unsaturated/α-hetero) is 3. The lowest BCUT2D eigenvalue weighted by atomic mass is 10.1. The van der Waals surface area contributed by atoms with E-state index in [1.165, 1.54) is 33.3 Å². The van der Waals surface area contributed by atoms with Gasteiger partial charge in [-0.25, -0.2) is 19.3 Å². The van der Waals surface area contributed by atoms with Crippen molar-refractivity contribution in [3.63, 3.8) is 0 Å². The summed E-state index contributed by atoms with van der Waals surface area (Å²) < 4.78 is 8.36. The maximum absolute atomic E-state index is 13.5. The van der Waals surface area contributed by atoms with Crippen LogP contribution in [0.25, 0.3) is 32.8 Å². The Morgan fingerprint density at radius 1 is 0.727 bits per heavy atom. The quantitative estimate of drug-likeness (QED) is 0.153. The number of rotatable bonds is 4. The third kappa shape index (κ3) is 4.18. The van der Waals surface area contributed by atoms with E-state index in [0.29, 0.717) is 59.4 Å². The van der Waals surface area contributed by atoms with Crippen LogP contribution < -0.4 is 0 Å². The topological polar surface area (TPSA) is 108 Å². The molecule has 6 aromatic rings. The van der Waals surface area contributed by atoms with E-state index in [-0.39, 0.29) is 29.5 Å². The van der Waals surface area contributed by atoms with Crippen LogP contribution in [0.2, 0.25) is 0 Å². The second kappa shape index (κ2) is 10.1. The van der Waals surface area contributed by atoms with E-state index in [9.17, 15) is 19.2 Å². The maximum Gasteiger partial charge on any atom is 0.421 e. The van der Waals surface area contributed by atoms with Crippen LogP contribution in [0.15, 0.2) is 90.0 Å². The van der Waals surface area contributed by atoms with Crippen LogP contribution in [0.4, 0.5) is 4.79 Å². The Labute approximate surface area is 257 Å². The van der Waals surface area contributed by atoms with E-state index in [0.717, 1.165) is 11.1 Å². The molecule has 0 bridgehead atoms. The molecule has 2 aliphatic carbocycles. The predicted octanol–water partition coefficient (Wildman–Crippen LogP) is 7.18. The van der Waals surface area contributed by atoms with E-state index in [2.05, 4.69) is 4.98 Å². The van der Waals surface area contributed by atoms with Crippen LogP contribution in [0.5, 0.6) is 0 Å². The van der Waals surface area contributed by atoms with Gasteiger partial charge in [0.1, 0.15) is 16.6 Å². The largest absolute Gasteiger partial charge is 0.444 e.